The van der Waals surface area contributed by atoms with Gasteiger partial charge in [0.25, 0.3) is 0 Å². The van der Waals surface area contributed by atoms with Crippen LogP contribution in [0.2, 0.25) is 0 Å². The third-order valence-corrected chi connectivity index (χ3v) is 2.37. The number of carbonyl (C=O) groups is 1. The normalized spacial score (nSPS) is 10.4. The molecule has 2 rings (SSSR count). The van der Waals surface area contributed by atoms with Gasteiger partial charge in [-0.25, -0.2) is 9.97 Å². The Hall–Kier alpha value is -1.97. The highest BCUT2D eigenvalue weighted by Gasteiger charge is 2.04. The van der Waals surface area contributed by atoms with Gasteiger partial charge in [-0.2, -0.15) is 0 Å². The van der Waals surface area contributed by atoms with Gasteiger partial charge in [0, 0.05) is 24.4 Å². The maximum atomic E-state index is 11.4. The molecule has 16 heavy (non-hydrogen) atoms. The largest absolute Gasteiger partial charge is 0.294 e. The molecular weight excluding hydrogens is 202 g/mol. The molecule has 0 amide bonds. The zero-order valence-electron chi connectivity index (χ0n) is 9.34. The third kappa shape index (κ3) is 2.00. The summed E-state index contributed by atoms with van der Waals surface area (Å²) in [6.07, 6.45) is 5.71. The highest BCUT2D eigenvalue weighted by Crippen LogP contribution is 2.08. The van der Waals surface area contributed by atoms with Crippen LogP contribution < -0.4 is 0 Å². The molecule has 0 saturated heterocycles. The molecule has 4 heteroatoms. The molecular formula is C12H13N3O. The first-order chi connectivity index (χ1) is 7.70. The first-order valence-electron chi connectivity index (χ1n) is 5.21. The van der Waals surface area contributed by atoms with E-state index in [1.807, 2.05) is 30.7 Å². The second kappa shape index (κ2) is 4.26. The van der Waals surface area contributed by atoms with E-state index in [4.69, 9.17) is 0 Å². The molecule has 0 saturated carbocycles. The van der Waals surface area contributed by atoms with Crippen LogP contribution in [0.5, 0.6) is 0 Å². The average molecular weight is 215 g/mol. The van der Waals surface area contributed by atoms with Gasteiger partial charge in [-0.15, -0.1) is 0 Å². The summed E-state index contributed by atoms with van der Waals surface area (Å²) in [4.78, 5) is 19.8. The fourth-order valence-electron chi connectivity index (χ4n) is 1.45. The Labute approximate surface area is 94.0 Å². The zero-order valence-corrected chi connectivity index (χ0v) is 9.34. The van der Waals surface area contributed by atoms with E-state index in [2.05, 4.69) is 9.97 Å². The molecule has 82 valence electrons. The Kier molecular flexibility index (Phi) is 2.81. The van der Waals surface area contributed by atoms with E-state index in [1.165, 1.54) is 0 Å². The van der Waals surface area contributed by atoms with Crippen LogP contribution in [0.25, 0.3) is 5.82 Å². The zero-order chi connectivity index (χ0) is 11.5. The molecule has 2 aromatic heterocycles. The summed E-state index contributed by atoms with van der Waals surface area (Å²) in [5.74, 6) is 0.883. The van der Waals surface area contributed by atoms with Crippen LogP contribution in [0.15, 0.2) is 30.9 Å². The van der Waals surface area contributed by atoms with E-state index in [1.54, 1.807) is 18.6 Å². The summed E-state index contributed by atoms with van der Waals surface area (Å²) in [7, 11) is 0. The minimum atomic E-state index is 0.112. The molecule has 0 radical (unpaired) electrons. The maximum absolute atomic E-state index is 11.4. The number of carbonyl (C=O) groups excluding carboxylic acids is 1. The number of nitrogens with zero attached hydrogens (tertiary/aromatic N) is 3. The minimum absolute atomic E-state index is 0.112. The molecule has 0 bridgehead atoms. The number of pyridine rings is 1. The molecule has 0 fully saturated rings. The second-order valence-electron chi connectivity index (χ2n) is 3.60. The van der Waals surface area contributed by atoms with Crippen LogP contribution in [0.3, 0.4) is 0 Å². The number of ketones is 1. The molecule has 0 N–H and O–H groups in total. The fourth-order valence-corrected chi connectivity index (χ4v) is 1.45. The lowest BCUT2D eigenvalue weighted by atomic mass is 10.1. The van der Waals surface area contributed by atoms with Crippen molar-refractivity contribution in [1.82, 2.24) is 14.5 Å². The van der Waals surface area contributed by atoms with Crippen molar-refractivity contribution in [3.05, 3.63) is 42.1 Å². The van der Waals surface area contributed by atoms with Gasteiger partial charge in [-0.05, 0) is 19.1 Å². The van der Waals surface area contributed by atoms with E-state index >= 15 is 0 Å². The monoisotopic (exact) mass is 215 g/mol. The first kappa shape index (κ1) is 10.5. The molecule has 2 aromatic rings. The predicted octanol–water partition coefficient (Wildman–Crippen LogP) is 2.17. The summed E-state index contributed by atoms with van der Waals surface area (Å²) < 4.78 is 1.83. The smallest absolute Gasteiger partial charge is 0.164 e. The first-order valence-corrected chi connectivity index (χ1v) is 5.21. The van der Waals surface area contributed by atoms with Gasteiger partial charge < -0.3 is 0 Å². The van der Waals surface area contributed by atoms with E-state index in [0.29, 0.717) is 12.0 Å². The van der Waals surface area contributed by atoms with E-state index in [-0.39, 0.29) is 5.78 Å². The summed E-state index contributed by atoms with van der Waals surface area (Å²) in [6, 6.07) is 3.62. The molecule has 0 aliphatic heterocycles. The molecule has 0 unspecified atom stereocenters. The van der Waals surface area contributed by atoms with Crippen LogP contribution in [-0.4, -0.2) is 20.3 Å². The SMILES string of the molecule is CCC(=O)c1ccc(-n2cnc(C)c2)nc1. The second-order valence-corrected chi connectivity index (χ2v) is 3.60. The van der Waals surface area contributed by atoms with Crippen molar-refractivity contribution in [3.63, 3.8) is 0 Å². The highest BCUT2D eigenvalue weighted by atomic mass is 16.1. The molecule has 0 aliphatic rings. The van der Waals surface area contributed by atoms with Gasteiger partial charge in [0.2, 0.25) is 0 Å². The van der Waals surface area contributed by atoms with Crippen LogP contribution in [0.4, 0.5) is 0 Å². The number of imidazole rings is 1. The van der Waals surface area contributed by atoms with Crippen LogP contribution in [0, 0.1) is 6.92 Å². The van der Waals surface area contributed by atoms with Gasteiger partial charge >= 0.3 is 0 Å². The third-order valence-electron chi connectivity index (χ3n) is 2.37. The minimum Gasteiger partial charge on any atom is -0.294 e. The van der Waals surface area contributed by atoms with Gasteiger partial charge in [-0.3, -0.25) is 9.36 Å². The number of aryl methyl sites for hydroxylation is 1. The van der Waals surface area contributed by atoms with Crippen molar-refractivity contribution in [1.29, 1.82) is 0 Å². The Morgan fingerprint density at radius 3 is 2.69 bits per heavy atom. The van der Waals surface area contributed by atoms with E-state index in [9.17, 15) is 4.79 Å². The Balaban J connectivity index is 2.29. The molecule has 2 heterocycles. The molecule has 0 aliphatic carbocycles. The van der Waals surface area contributed by atoms with Crippen LogP contribution in [0.1, 0.15) is 29.4 Å². The van der Waals surface area contributed by atoms with Gasteiger partial charge in [0.15, 0.2) is 5.78 Å². The van der Waals surface area contributed by atoms with Crippen molar-refractivity contribution in [2.45, 2.75) is 20.3 Å². The number of hydrogen-bond acceptors (Lipinski definition) is 3. The Morgan fingerprint density at radius 1 is 1.38 bits per heavy atom. The number of Topliss-reactive ketones (excluding diaryl/α,β-unsaturated/α-hetero) is 1. The van der Waals surface area contributed by atoms with Gasteiger partial charge in [0.1, 0.15) is 12.1 Å². The summed E-state index contributed by atoms with van der Waals surface area (Å²) >= 11 is 0. The molecule has 0 aromatic carbocycles. The van der Waals surface area contributed by atoms with E-state index < -0.39 is 0 Å². The Morgan fingerprint density at radius 2 is 2.19 bits per heavy atom. The van der Waals surface area contributed by atoms with Crippen molar-refractivity contribution in [2.75, 3.05) is 0 Å². The highest BCUT2D eigenvalue weighted by molar-refractivity contribution is 5.95. The lowest BCUT2D eigenvalue weighted by molar-refractivity contribution is 0.0988. The standard InChI is InChI=1S/C12H13N3O/c1-3-11(16)10-4-5-12(13-6-10)15-7-9(2)14-8-15/h4-8H,3H2,1-2H3. The van der Waals surface area contributed by atoms with Crippen molar-refractivity contribution >= 4 is 5.78 Å². The van der Waals surface area contributed by atoms with Crippen molar-refractivity contribution in [2.24, 2.45) is 0 Å². The quantitative estimate of drug-likeness (QED) is 0.737. The molecule has 0 spiro atoms. The lowest BCUT2D eigenvalue weighted by Crippen LogP contribution is -2.00. The Bertz CT molecular complexity index is 499. The number of hydrogen-bond donors (Lipinski definition) is 0. The van der Waals surface area contributed by atoms with E-state index in [0.717, 1.165) is 11.5 Å². The van der Waals surface area contributed by atoms with Crippen LogP contribution >= 0.6 is 0 Å². The van der Waals surface area contributed by atoms with Crippen molar-refractivity contribution < 1.29 is 4.79 Å². The summed E-state index contributed by atoms with van der Waals surface area (Å²) in [5, 5.41) is 0. The topological polar surface area (TPSA) is 47.8 Å². The lowest BCUT2D eigenvalue weighted by Gasteiger charge is -2.01. The number of rotatable bonds is 3. The van der Waals surface area contributed by atoms with Crippen LogP contribution in [-0.2, 0) is 0 Å². The predicted molar refractivity (Wildman–Crippen MR) is 60.7 cm³/mol. The molecule has 4 nitrogen and oxygen atoms in total. The van der Waals surface area contributed by atoms with Gasteiger partial charge in [0.05, 0.1) is 5.69 Å². The molecule has 0 atom stereocenters. The number of aromatic nitrogens is 3. The maximum Gasteiger partial charge on any atom is 0.164 e. The van der Waals surface area contributed by atoms with Crippen molar-refractivity contribution in [3.8, 4) is 5.82 Å². The fraction of sp³-hybridized carbons (Fsp3) is 0.250. The summed E-state index contributed by atoms with van der Waals surface area (Å²) in [5.41, 5.74) is 1.60. The average Bonchev–Trinajstić information content (AvgIpc) is 2.75. The summed E-state index contributed by atoms with van der Waals surface area (Å²) in [6.45, 7) is 3.76. The van der Waals surface area contributed by atoms with Gasteiger partial charge in [-0.1, -0.05) is 6.92 Å².